The van der Waals surface area contributed by atoms with Gasteiger partial charge in [0.25, 0.3) is 0 Å². The lowest BCUT2D eigenvalue weighted by Gasteiger charge is -2.21. The molecular weight excluding hydrogens is 417 g/mol. The van der Waals surface area contributed by atoms with Gasteiger partial charge in [-0.15, -0.1) is 24.0 Å². The summed E-state index contributed by atoms with van der Waals surface area (Å²) in [5.41, 5.74) is 2.46. The van der Waals surface area contributed by atoms with Gasteiger partial charge in [0, 0.05) is 46.3 Å². The molecule has 0 aromatic heterocycles. The fraction of sp³-hybridized carbons (Fsp3) is 0.611. The second kappa shape index (κ2) is 11.7. The quantitative estimate of drug-likeness (QED) is 0.397. The molecular formula is C18H30IN3O2. The Bertz CT molecular complexity index is 494. The molecule has 1 aromatic carbocycles. The Morgan fingerprint density at radius 2 is 2.00 bits per heavy atom. The predicted molar refractivity (Wildman–Crippen MR) is 109 cm³/mol. The topological polar surface area (TPSA) is 46.1 Å². The summed E-state index contributed by atoms with van der Waals surface area (Å²) in [5.74, 6) is 1.58. The molecule has 1 atom stereocenters. The molecule has 1 aliphatic rings. The van der Waals surface area contributed by atoms with Gasteiger partial charge < -0.3 is 19.7 Å². The van der Waals surface area contributed by atoms with Gasteiger partial charge in [0.2, 0.25) is 0 Å². The van der Waals surface area contributed by atoms with Crippen LogP contribution >= 0.6 is 24.0 Å². The second-order valence-corrected chi connectivity index (χ2v) is 5.91. The average molecular weight is 447 g/mol. The van der Waals surface area contributed by atoms with Gasteiger partial charge in [-0.2, -0.15) is 0 Å². The van der Waals surface area contributed by atoms with Gasteiger partial charge >= 0.3 is 0 Å². The van der Waals surface area contributed by atoms with E-state index in [-0.39, 0.29) is 24.0 Å². The molecule has 0 radical (unpaired) electrons. The number of benzene rings is 1. The Labute approximate surface area is 162 Å². The molecule has 2 rings (SSSR count). The van der Waals surface area contributed by atoms with Crippen LogP contribution < -0.4 is 5.32 Å². The van der Waals surface area contributed by atoms with E-state index in [1.807, 2.05) is 14.0 Å². The number of rotatable bonds is 7. The molecule has 5 nitrogen and oxygen atoms in total. The Balaban J connectivity index is 0.00000288. The molecule has 1 aromatic rings. The number of ether oxygens (including phenoxy) is 2. The third kappa shape index (κ3) is 6.57. The normalized spacial score (nSPS) is 17.7. The van der Waals surface area contributed by atoms with Gasteiger partial charge in [-0.05, 0) is 24.5 Å². The molecule has 136 valence electrons. The number of likely N-dealkylation sites (tertiary alicyclic amines) is 1. The molecule has 1 saturated heterocycles. The summed E-state index contributed by atoms with van der Waals surface area (Å²) < 4.78 is 10.7. The zero-order chi connectivity index (χ0) is 16.5. The van der Waals surface area contributed by atoms with Crippen LogP contribution in [0.4, 0.5) is 0 Å². The van der Waals surface area contributed by atoms with E-state index in [2.05, 4.69) is 39.5 Å². The standard InChI is InChI=1S/C18H29N3O2.HI/c1-4-23-14-16-7-5-15(6-8-16)11-20-18(19-2)21-10-9-17(12-21)13-22-3;/h5-8,17H,4,9-14H2,1-3H3,(H,19,20);1H. The van der Waals surface area contributed by atoms with Crippen molar-refractivity contribution >= 4 is 29.9 Å². The van der Waals surface area contributed by atoms with Crippen molar-refractivity contribution in [2.24, 2.45) is 10.9 Å². The first-order valence-corrected chi connectivity index (χ1v) is 8.37. The van der Waals surface area contributed by atoms with Crippen LogP contribution in [0.2, 0.25) is 0 Å². The van der Waals surface area contributed by atoms with Gasteiger partial charge in [0.05, 0.1) is 13.2 Å². The summed E-state index contributed by atoms with van der Waals surface area (Å²) in [7, 11) is 3.61. The fourth-order valence-corrected chi connectivity index (χ4v) is 2.88. The Hall–Kier alpha value is -0.860. The third-order valence-corrected chi connectivity index (χ3v) is 4.15. The van der Waals surface area contributed by atoms with Gasteiger partial charge in [0.15, 0.2) is 5.96 Å². The highest BCUT2D eigenvalue weighted by atomic mass is 127. The highest BCUT2D eigenvalue weighted by Gasteiger charge is 2.24. The first kappa shape index (κ1) is 21.2. The number of hydrogen-bond donors (Lipinski definition) is 1. The van der Waals surface area contributed by atoms with Crippen LogP contribution in [0.5, 0.6) is 0 Å². The number of halogens is 1. The largest absolute Gasteiger partial charge is 0.384 e. The lowest BCUT2D eigenvalue weighted by Crippen LogP contribution is -2.39. The molecule has 0 aliphatic carbocycles. The monoisotopic (exact) mass is 447 g/mol. The molecule has 1 unspecified atom stereocenters. The number of nitrogens with zero attached hydrogens (tertiary/aromatic N) is 2. The van der Waals surface area contributed by atoms with E-state index in [0.29, 0.717) is 12.5 Å². The van der Waals surface area contributed by atoms with Crippen LogP contribution in [-0.2, 0) is 22.6 Å². The lowest BCUT2D eigenvalue weighted by atomic mass is 10.1. The molecule has 1 aliphatic heterocycles. The number of methoxy groups -OCH3 is 1. The smallest absolute Gasteiger partial charge is 0.193 e. The summed E-state index contributed by atoms with van der Waals surface area (Å²) in [5, 5.41) is 3.46. The maximum atomic E-state index is 5.42. The van der Waals surface area contributed by atoms with Crippen molar-refractivity contribution in [1.82, 2.24) is 10.2 Å². The summed E-state index contributed by atoms with van der Waals surface area (Å²) in [4.78, 5) is 6.72. The fourth-order valence-electron chi connectivity index (χ4n) is 2.88. The number of hydrogen-bond acceptors (Lipinski definition) is 3. The van der Waals surface area contributed by atoms with E-state index in [4.69, 9.17) is 9.47 Å². The molecule has 0 amide bonds. The highest BCUT2D eigenvalue weighted by molar-refractivity contribution is 14.0. The van der Waals surface area contributed by atoms with Crippen molar-refractivity contribution in [3.63, 3.8) is 0 Å². The van der Waals surface area contributed by atoms with E-state index in [1.165, 1.54) is 17.5 Å². The van der Waals surface area contributed by atoms with Crippen LogP contribution in [0.25, 0.3) is 0 Å². The Morgan fingerprint density at radius 3 is 2.62 bits per heavy atom. The molecule has 0 spiro atoms. The predicted octanol–water partition coefficient (Wildman–Crippen LogP) is 2.88. The van der Waals surface area contributed by atoms with E-state index >= 15 is 0 Å². The maximum Gasteiger partial charge on any atom is 0.193 e. The van der Waals surface area contributed by atoms with Crippen molar-refractivity contribution in [2.75, 3.05) is 40.5 Å². The number of nitrogens with one attached hydrogen (secondary N) is 1. The van der Waals surface area contributed by atoms with Crippen LogP contribution in [0.1, 0.15) is 24.5 Å². The lowest BCUT2D eigenvalue weighted by molar-refractivity contribution is 0.134. The molecule has 6 heteroatoms. The minimum absolute atomic E-state index is 0. The van der Waals surface area contributed by atoms with Crippen LogP contribution in [0.3, 0.4) is 0 Å². The van der Waals surface area contributed by atoms with Crippen LogP contribution in [0.15, 0.2) is 29.3 Å². The van der Waals surface area contributed by atoms with Crippen LogP contribution in [0, 0.1) is 5.92 Å². The minimum Gasteiger partial charge on any atom is -0.384 e. The summed E-state index contributed by atoms with van der Waals surface area (Å²) in [6.07, 6.45) is 1.17. The molecule has 1 heterocycles. The summed E-state index contributed by atoms with van der Waals surface area (Å²) >= 11 is 0. The summed E-state index contributed by atoms with van der Waals surface area (Å²) in [6.45, 7) is 7.11. The molecule has 0 saturated carbocycles. The van der Waals surface area contributed by atoms with Crippen molar-refractivity contribution in [3.8, 4) is 0 Å². The number of guanidine groups is 1. The van der Waals surface area contributed by atoms with Gasteiger partial charge in [-0.25, -0.2) is 0 Å². The van der Waals surface area contributed by atoms with Crippen molar-refractivity contribution < 1.29 is 9.47 Å². The zero-order valence-electron chi connectivity index (χ0n) is 15.0. The molecule has 1 N–H and O–H groups in total. The molecule has 0 bridgehead atoms. The highest BCUT2D eigenvalue weighted by Crippen LogP contribution is 2.16. The number of aliphatic imine (C=N–C) groups is 1. The third-order valence-electron chi connectivity index (χ3n) is 4.15. The zero-order valence-corrected chi connectivity index (χ0v) is 17.3. The van der Waals surface area contributed by atoms with Crippen molar-refractivity contribution in [2.45, 2.75) is 26.5 Å². The maximum absolute atomic E-state index is 5.42. The van der Waals surface area contributed by atoms with Gasteiger partial charge in [-0.1, -0.05) is 24.3 Å². The van der Waals surface area contributed by atoms with E-state index in [9.17, 15) is 0 Å². The minimum atomic E-state index is 0. The molecule has 1 fully saturated rings. The molecule has 24 heavy (non-hydrogen) atoms. The Morgan fingerprint density at radius 1 is 1.29 bits per heavy atom. The first-order chi connectivity index (χ1) is 11.3. The summed E-state index contributed by atoms with van der Waals surface area (Å²) in [6, 6.07) is 8.54. The van der Waals surface area contributed by atoms with Crippen molar-refractivity contribution in [1.29, 1.82) is 0 Å². The van der Waals surface area contributed by atoms with Gasteiger partial charge in [0.1, 0.15) is 0 Å². The SMILES string of the molecule is CCOCc1ccc(CNC(=NC)N2CCC(COC)C2)cc1.I. The average Bonchev–Trinajstić information content (AvgIpc) is 3.03. The van der Waals surface area contributed by atoms with Gasteiger partial charge in [-0.3, -0.25) is 4.99 Å². The Kier molecular flexibility index (Phi) is 10.3. The van der Waals surface area contributed by atoms with E-state index in [1.54, 1.807) is 7.11 Å². The van der Waals surface area contributed by atoms with Crippen LogP contribution in [-0.4, -0.2) is 51.3 Å². The first-order valence-electron chi connectivity index (χ1n) is 8.37. The second-order valence-electron chi connectivity index (χ2n) is 5.91. The van der Waals surface area contributed by atoms with Crippen molar-refractivity contribution in [3.05, 3.63) is 35.4 Å². The van der Waals surface area contributed by atoms with E-state index < -0.39 is 0 Å². The van der Waals surface area contributed by atoms with E-state index in [0.717, 1.165) is 38.8 Å².